The number of rotatable bonds is 8. The molecule has 3 aromatic rings. The van der Waals surface area contributed by atoms with Gasteiger partial charge in [-0.05, 0) is 49.4 Å². The van der Waals surface area contributed by atoms with E-state index in [-0.39, 0.29) is 5.91 Å². The Balaban J connectivity index is 0.000000324. The van der Waals surface area contributed by atoms with Gasteiger partial charge < -0.3 is 16.0 Å². The molecular formula is C28H43N5O. The van der Waals surface area contributed by atoms with E-state index in [2.05, 4.69) is 29.1 Å². The molecule has 0 aliphatic heterocycles. The number of nitrogen functional groups attached to an aromatic ring is 1. The quantitative estimate of drug-likeness (QED) is 0.411. The third-order valence-electron chi connectivity index (χ3n) is 5.36. The van der Waals surface area contributed by atoms with E-state index >= 15 is 0 Å². The molecule has 6 heteroatoms. The van der Waals surface area contributed by atoms with Gasteiger partial charge in [0, 0.05) is 31.6 Å². The van der Waals surface area contributed by atoms with Gasteiger partial charge in [-0.1, -0.05) is 70.9 Å². The number of carbonyl (C=O) groups is 1. The van der Waals surface area contributed by atoms with Crippen LogP contribution in [0.4, 0.5) is 11.8 Å². The van der Waals surface area contributed by atoms with Gasteiger partial charge in [0.25, 0.3) is 5.91 Å². The number of aromatic nitrogens is 2. The average molecular weight is 466 g/mol. The van der Waals surface area contributed by atoms with Gasteiger partial charge in [-0.15, -0.1) is 0 Å². The third-order valence-corrected chi connectivity index (χ3v) is 5.36. The summed E-state index contributed by atoms with van der Waals surface area (Å²) >= 11 is 0. The van der Waals surface area contributed by atoms with Crippen molar-refractivity contribution in [3.05, 3.63) is 59.7 Å². The number of benzene rings is 2. The van der Waals surface area contributed by atoms with Crippen LogP contribution in [-0.2, 0) is 0 Å². The summed E-state index contributed by atoms with van der Waals surface area (Å²) in [5.41, 5.74) is 8.33. The average Bonchev–Trinajstić information content (AvgIpc) is 2.84. The number of para-hydroxylation sites is 1. The molecule has 0 unspecified atom stereocenters. The maximum absolute atomic E-state index is 12.1. The molecule has 0 saturated carbocycles. The van der Waals surface area contributed by atoms with E-state index in [1.165, 1.54) is 25.7 Å². The molecule has 2 aromatic carbocycles. The number of carbonyl (C=O) groups excluding carboxylic acids is 1. The SMILES string of the molecule is CC.CCCC(CCC)CNC(=O)c1ccccc1C.CN(C)c1nc(N)nc2ccccc12. The summed E-state index contributed by atoms with van der Waals surface area (Å²) in [6.45, 7) is 11.2. The monoisotopic (exact) mass is 465 g/mol. The minimum atomic E-state index is 0.0605. The topological polar surface area (TPSA) is 84.1 Å². The number of nitrogens with two attached hydrogens (primary N) is 1. The summed E-state index contributed by atoms with van der Waals surface area (Å²) in [7, 11) is 3.88. The highest BCUT2D eigenvalue weighted by atomic mass is 16.1. The molecule has 1 heterocycles. The summed E-state index contributed by atoms with van der Waals surface area (Å²) in [6.07, 6.45) is 4.76. The molecular weight excluding hydrogens is 422 g/mol. The minimum Gasteiger partial charge on any atom is -0.368 e. The summed E-state index contributed by atoms with van der Waals surface area (Å²) in [4.78, 5) is 22.4. The highest BCUT2D eigenvalue weighted by Gasteiger charge is 2.11. The van der Waals surface area contributed by atoms with Gasteiger partial charge in [0.1, 0.15) is 5.82 Å². The molecule has 3 N–H and O–H groups in total. The van der Waals surface area contributed by atoms with Crippen molar-refractivity contribution in [1.29, 1.82) is 0 Å². The van der Waals surface area contributed by atoms with E-state index in [4.69, 9.17) is 5.73 Å². The Morgan fingerprint density at radius 3 is 2.15 bits per heavy atom. The maximum atomic E-state index is 12.1. The van der Waals surface area contributed by atoms with Crippen molar-refractivity contribution < 1.29 is 4.79 Å². The maximum Gasteiger partial charge on any atom is 0.251 e. The van der Waals surface area contributed by atoms with Crippen LogP contribution in [0.5, 0.6) is 0 Å². The van der Waals surface area contributed by atoms with Crippen LogP contribution in [0, 0.1) is 12.8 Å². The minimum absolute atomic E-state index is 0.0605. The molecule has 34 heavy (non-hydrogen) atoms. The first-order valence-corrected chi connectivity index (χ1v) is 12.4. The molecule has 0 saturated heterocycles. The van der Waals surface area contributed by atoms with Crippen LogP contribution in [0.2, 0.25) is 0 Å². The number of hydrogen-bond acceptors (Lipinski definition) is 5. The number of aryl methyl sites for hydroxylation is 1. The molecule has 6 nitrogen and oxygen atoms in total. The normalized spacial score (nSPS) is 10.1. The Labute approximate surface area is 206 Å². The van der Waals surface area contributed by atoms with E-state index in [1.54, 1.807) is 0 Å². The fraction of sp³-hybridized carbons (Fsp3) is 0.464. The Hall–Kier alpha value is -3.15. The molecule has 0 fully saturated rings. The van der Waals surface area contributed by atoms with E-state index in [1.807, 2.05) is 88.3 Å². The molecule has 0 bridgehead atoms. The summed E-state index contributed by atoms with van der Waals surface area (Å²) < 4.78 is 0. The molecule has 3 rings (SSSR count). The van der Waals surface area contributed by atoms with Crippen LogP contribution >= 0.6 is 0 Å². The number of hydrogen-bond donors (Lipinski definition) is 2. The number of anilines is 2. The fourth-order valence-electron chi connectivity index (χ4n) is 3.74. The molecule has 1 amide bonds. The highest BCUT2D eigenvalue weighted by molar-refractivity contribution is 5.95. The Kier molecular flexibility index (Phi) is 13.3. The van der Waals surface area contributed by atoms with E-state index in [0.29, 0.717) is 11.9 Å². The van der Waals surface area contributed by atoms with Gasteiger partial charge in [0.15, 0.2) is 0 Å². The molecule has 0 aliphatic carbocycles. The largest absolute Gasteiger partial charge is 0.368 e. The Bertz CT molecular complexity index is 997. The molecule has 186 valence electrons. The zero-order chi connectivity index (χ0) is 25.5. The first-order valence-electron chi connectivity index (χ1n) is 12.4. The lowest BCUT2D eigenvalue weighted by molar-refractivity contribution is 0.0944. The van der Waals surface area contributed by atoms with E-state index < -0.39 is 0 Å². The van der Waals surface area contributed by atoms with Gasteiger partial charge in [-0.2, -0.15) is 4.98 Å². The van der Waals surface area contributed by atoms with Crippen molar-refractivity contribution in [1.82, 2.24) is 15.3 Å². The van der Waals surface area contributed by atoms with E-state index in [9.17, 15) is 4.79 Å². The standard InChI is InChI=1S/C16H25NO.C10H12N4.C2H6/c1-4-8-14(9-5-2)12-17-16(18)15-11-7-6-10-13(15)3;1-14(2)9-7-5-3-4-6-8(7)12-10(11)13-9;1-2/h6-7,10-11,14H,4-5,8-9,12H2,1-3H3,(H,17,18);3-6H,1-2H3,(H2,11,12,13);1-2H3. The Morgan fingerprint density at radius 2 is 1.56 bits per heavy atom. The second-order valence-electron chi connectivity index (χ2n) is 8.29. The van der Waals surface area contributed by atoms with Crippen LogP contribution < -0.4 is 16.0 Å². The smallest absolute Gasteiger partial charge is 0.251 e. The van der Waals surface area contributed by atoms with Crippen molar-refractivity contribution in [2.75, 3.05) is 31.3 Å². The van der Waals surface area contributed by atoms with Gasteiger partial charge >= 0.3 is 0 Å². The van der Waals surface area contributed by atoms with Crippen molar-refractivity contribution >= 4 is 28.6 Å². The molecule has 0 radical (unpaired) electrons. The predicted molar refractivity (Wildman–Crippen MR) is 146 cm³/mol. The predicted octanol–water partition coefficient (Wildman–Crippen LogP) is 6.25. The lowest BCUT2D eigenvalue weighted by Crippen LogP contribution is -2.29. The van der Waals surface area contributed by atoms with Crippen LogP contribution in [0.15, 0.2) is 48.5 Å². The molecule has 0 aliphatic rings. The highest BCUT2D eigenvalue weighted by Crippen LogP contribution is 2.22. The van der Waals surface area contributed by atoms with Crippen LogP contribution in [0.1, 0.15) is 69.3 Å². The Morgan fingerprint density at radius 1 is 0.971 bits per heavy atom. The lowest BCUT2D eigenvalue weighted by Gasteiger charge is -2.16. The molecule has 0 spiro atoms. The lowest BCUT2D eigenvalue weighted by atomic mass is 9.98. The van der Waals surface area contributed by atoms with E-state index in [0.717, 1.165) is 34.4 Å². The summed E-state index contributed by atoms with van der Waals surface area (Å²) in [6, 6.07) is 15.6. The number of fused-ring (bicyclic) bond motifs is 1. The van der Waals surface area contributed by atoms with Crippen LogP contribution in [0.3, 0.4) is 0 Å². The van der Waals surface area contributed by atoms with Crippen molar-refractivity contribution in [3.63, 3.8) is 0 Å². The van der Waals surface area contributed by atoms with Gasteiger partial charge in [-0.3, -0.25) is 4.79 Å². The summed E-state index contributed by atoms with van der Waals surface area (Å²) in [5, 5.41) is 4.09. The fourth-order valence-corrected chi connectivity index (χ4v) is 3.74. The summed E-state index contributed by atoms with van der Waals surface area (Å²) in [5.74, 6) is 1.85. The molecule has 1 aromatic heterocycles. The second kappa shape index (κ2) is 15.6. The van der Waals surface area contributed by atoms with Crippen molar-refractivity contribution in [2.45, 2.75) is 60.3 Å². The van der Waals surface area contributed by atoms with Gasteiger partial charge in [-0.25, -0.2) is 4.98 Å². The molecule has 0 atom stereocenters. The number of amides is 1. The second-order valence-corrected chi connectivity index (χ2v) is 8.29. The first-order chi connectivity index (χ1) is 16.4. The van der Waals surface area contributed by atoms with Crippen LogP contribution in [-0.4, -0.2) is 36.5 Å². The third kappa shape index (κ3) is 9.00. The first kappa shape index (κ1) is 28.9. The number of nitrogens with zero attached hydrogens (tertiary/aromatic N) is 3. The number of nitrogens with one attached hydrogen (secondary N) is 1. The van der Waals surface area contributed by atoms with Gasteiger partial charge in [0.05, 0.1) is 5.52 Å². The zero-order valence-electron chi connectivity index (χ0n) is 22.1. The van der Waals surface area contributed by atoms with Crippen LogP contribution in [0.25, 0.3) is 10.9 Å². The zero-order valence-corrected chi connectivity index (χ0v) is 22.1. The van der Waals surface area contributed by atoms with Crippen molar-refractivity contribution in [3.8, 4) is 0 Å². The van der Waals surface area contributed by atoms with Crippen molar-refractivity contribution in [2.24, 2.45) is 5.92 Å². The van der Waals surface area contributed by atoms with Gasteiger partial charge in [0.2, 0.25) is 5.95 Å².